The third-order valence-electron chi connectivity index (χ3n) is 2.00. The number of hydrogen-bond donors (Lipinski definition) is 1. The molecule has 0 saturated carbocycles. The fourth-order valence-electron chi connectivity index (χ4n) is 1.39. The molecular weight excluding hydrogens is 299 g/mol. The van der Waals surface area contributed by atoms with Crippen LogP contribution in [0.4, 0.5) is 18.9 Å². The van der Waals surface area contributed by atoms with E-state index in [2.05, 4.69) is 21.2 Å². The van der Waals surface area contributed by atoms with Crippen LogP contribution >= 0.6 is 15.9 Å². The highest BCUT2D eigenvalue weighted by Crippen LogP contribution is 2.38. The molecule has 0 aliphatic carbocycles. The summed E-state index contributed by atoms with van der Waals surface area (Å²) in [6, 6.07) is 2.11. The molecule has 1 rings (SSSR count). The number of hydrogen-bond acceptors (Lipinski definition) is 2. The Hall–Kier alpha value is -1.04. The molecule has 2 nitrogen and oxygen atoms in total. The van der Waals surface area contributed by atoms with E-state index in [4.69, 9.17) is 0 Å². The third kappa shape index (κ3) is 3.46. The second-order valence-corrected chi connectivity index (χ2v) is 4.75. The lowest BCUT2D eigenvalue weighted by molar-refractivity contribution is -0.137. The molecule has 0 amide bonds. The third-order valence-corrected chi connectivity index (χ3v) is 2.46. The minimum atomic E-state index is -4.50. The SMILES string of the molecule is CC(C)Nc1c(C=O)cc(Br)cc1C(F)(F)F. The van der Waals surface area contributed by atoms with Gasteiger partial charge in [0.2, 0.25) is 0 Å². The molecule has 0 fully saturated rings. The first kappa shape index (κ1) is 14.0. The van der Waals surface area contributed by atoms with Crippen LogP contribution in [0.15, 0.2) is 16.6 Å². The zero-order chi connectivity index (χ0) is 13.2. The standard InChI is InChI=1S/C11H11BrF3NO/c1-6(2)16-10-7(5-17)3-8(12)4-9(10)11(13,14)15/h3-6,16H,1-2H3. The second kappa shape index (κ2) is 5.08. The van der Waals surface area contributed by atoms with E-state index in [-0.39, 0.29) is 21.8 Å². The van der Waals surface area contributed by atoms with Gasteiger partial charge in [0, 0.05) is 16.1 Å². The molecule has 1 aromatic carbocycles. The Kier molecular flexibility index (Phi) is 4.19. The van der Waals surface area contributed by atoms with Gasteiger partial charge in [-0.3, -0.25) is 4.79 Å². The molecule has 1 N–H and O–H groups in total. The van der Waals surface area contributed by atoms with Crippen LogP contribution in [0, 0.1) is 0 Å². The van der Waals surface area contributed by atoms with Crippen molar-refractivity contribution in [2.75, 3.05) is 5.32 Å². The van der Waals surface area contributed by atoms with E-state index in [1.54, 1.807) is 13.8 Å². The van der Waals surface area contributed by atoms with Gasteiger partial charge in [-0.2, -0.15) is 13.2 Å². The van der Waals surface area contributed by atoms with Crippen LogP contribution in [-0.2, 0) is 6.18 Å². The normalized spacial score (nSPS) is 11.7. The monoisotopic (exact) mass is 309 g/mol. The lowest BCUT2D eigenvalue weighted by Crippen LogP contribution is -2.17. The van der Waals surface area contributed by atoms with Crippen molar-refractivity contribution in [3.05, 3.63) is 27.7 Å². The maximum atomic E-state index is 12.8. The van der Waals surface area contributed by atoms with Crippen molar-refractivity contribution in [1.82, 2.24) is 0 Å². The van der Waals surface area contributed by atoms with Crippen molar-refractivity contribution in [3.8, 4) is 0 Å². The van der Waals surface area contributed by atoms with Gasteiger partial charge in [-0.25, -0.2) is 0 Å². The molecule has 0 bridgehead atoms. The summed E-state index contributed by atoms with van der Waals surface area (Å²) in [5.41, 5.74) is -1.03. The fourth-order valence-corrected chi connectivity index (χ4v) is 1.87. The van der Waals surface area contributed by atoms with E-state index in [9.17, 15) is 18.0 Å². The van der Waals surface area contributed by atoms with E-state index in [0.717, 1.165) is 6.07 Å². The van der Waals surface area contributed by atoms with Crippen molar-refractivity contribution >= 4 is 27.9 Å². The Labute approximate surface area is 105 Å². The fraction of sp³-hybridized carbons (Fsp3) is 0.364. The molecule has 0 aliphatic rings. The number of anilines is 1. The maximum absolute atomic E-state index is 12.8. The zero-order valence-electron chi connectivity index (χ0n) is 9.23. The first-order valence-corrected chi connectivity index (χ1v) is 5.67. The highest BCUT2D eigenvalue weighted by molar-refractivity contribution is 9.10. The molecule has 0 spiro atoms. The number of aldehydes is 1. The summed E-state index contributed by atoms with van der Waals surface area (Å²) < 4.78 is 38.7. The van der Waals surface area contributed by atoms with Crippen LogP contribution < -0.4 is 5.32 Å². The van der Waals surface area contributed by atoms with Crippen molar-refractivity contribution in [3.63, 3.8) is 0 Å². The highest BCUT2D eigenvalue weighted by atomic mass is 79.9. The summed E-state index contributed by atoms with van der Waals surface area (Å²) in [6.45, 7) is 3.41. The predicted molar refractivity (Wildman–Crippen MR) is 63.3 cm³/mol. The number of rotatable bonds is 3. The highest BCUT2D eigenvalue weighted by Gasteiger charge is 2.35. The van der Waals surface area contributed by atoms with E-state index < -0.39 is 11.7 Å². The molecule has 0 heterocycles. The molecule has 6 heteroatoms. The summed E-state index contributed by atoms with van der Waals surface area (Å²) in [6.07, 6.45) is -4.09. The van der Waals surface area contributed by atoms with Crippen LogP contribution in [0.2, 0.25) is 0 Å². The average Bonchev–Trinajstić information content (AvgIpc) is 2.17. The lowest BCUT2D eigenvalue weighted by atomic mass is 10.1. The Balaban J connectivity index is 3.44. The van der Waals surface area contributed by atoms with Crippen molar-refractivity contribution < 1.29 is 18.0 Å². The van der Waals surface area contributed by atoms with Gasteiger partial charge in [-0.05, 0) is 26.0 Å². The molecule has 0 unspecified atom stereocenters. The van der Waals surface area contributed by atoms with E-state index in [1.165, 1.54) is 6.07 Å². The average molecular weight is 310 g/mol. The number of halogens is 4. The van der Waals surface area contributed by atoms with Crippen LogP contribution in [0.1, 0.15) is 29.8 Å². The molecule has 1 aromatic rings. The quantitative estimate of drug-likeness (QED) is 0.852. The van der Waals surface area contributed by atoms with Crippen LogP contribution in [0.25, 0.3) is 0 Å². The van der Waals surface area contributed by atoms with Gasteiger partial charge in [0.15, 0.2) is 6.29 Å². The van der Waals surface area contributed by atoms with Crippen LogP contribution in [0.3, 0.4) is 0 Å². The first-order valence-electron chi connectivity index (χ1n) is 4.88. The lowest BCUT2D eigenvalue weighted by Gasteiger charge is -2.19. The number of benzene rings is 1. The number of alkyl halides is 3. The second-order valence-electron chi connectivity index (χ2n) is 3.83. The van der Waals surface area contributed by atoms with E-state index in [0.29, 0.717) is 6.29 Å². The molecule has 17 heavy (non-hydrogen) atoms. The first-order chi connectivity index (χ1) is 7.75. The van der Waals surface area contributed by atoms with Gasteiger partial charge in [-0.1, -0.05) is 15.9 Å². The molecule has 0 aliphatic heterocycles. The largest absolute Gasteiger partial charge is 0.418 e. The van der Waals surface area contributed by atoms with Gasteiger partial charge >= 0.3 is 6.18 Å². The molecule has 0 saturated heterocycles. The van der Waals surface area contributed by atoms with Gasteiger partial charge < -0.3 is 5.32 Å². The van der Waals surface area contributed by atoms with Gasteiger partial charge in [0.25, 0.3) is 0 Å². The Morgan fingerprint density at radius 1 is 1.35 bits per heavy atom. The molecule has 0 radical (unpaired) electrons. The maximum Gasteiger partial charge on any atom is 0.418 e. The number of nitrogens with one attached hydrogen (secondary N) is 1. The Morgan fingerprint density at radius 3 is 2.35 bits per heavy atom. The number of carbonyl (C=O) groups is 1. The van der Waals surface area contributed by atoms with E-state index in [1.807, 2.05) is 0 Å². The van der Waals surface area contributed by atoms with Crippen LogP contribution in [-0.4, -0.2) is 12.3 Å². The number of carbonyl (C=O) groups excluding carboxylic acids is 1. The van der Waals surface area contributed by atoms with E-state index >= 15 is 0 Å². The van der Waals surface area contributed by atoms with Crippen molar-refractivity contribution in [1.29, 1.82) is 0 Å². The molecule has 0 aromatic heterocycles. The predicted octanol–water partition coefficient (Wildman–Crippen LogP) is 4.10. The molecule has 94 valence electrons. The van der Waals surface area contributed by atoms with Crippen molar-refractivity contribution in [2.45, 2.75) is 26.1 Å². The van der Waals surface area contributed by atoms with Gasteiger partial charge in [0.05, 0.1) is 11.3 Å². The topological polar surface area (TPSA) is 29.1 Å². The van der Waals surface area contributed by atoms with Gasteiger partial charge in [-0.15, -0.1) is 0 Å². The minimum Gasteiger partial charge on any atom is -0.382 e. The summed E-state index contributed by atoms with van der Waals surface area (Å²) in [4.78, 5) is 10.8. The summed E-state index contributed by atoms with van der Waals surface area (Å²) in [7, 11) is 0. The molecular formula is C11H11BrF3NO. The molecule has 0 atom stereocenters. The summed E-state index contributed by atoms with van der Waals surface area (Å²) in [5, 5.41) is 2.65. The smallest absolute Gasteiger partial charge is 0.382 e. The van der Waals surface area contributed by atoms with Gasteiger partial charge in [0.1, 0.15) is 0 Å². The van der Waals surface area contributed by atoms with Crippen LogP contribution in [0.5, 0.6) is 0 Å². The minimum absolute atomic E-state index is 0.0135. The van der Waals surface area contributed by atoms with Crippen molar-refractivity contribution in [2.24, 2.45) is 0 Å². The summed E-state index contributed by atoms with van der Waals surface area (Å²) >= 11 is 2.96. The Morgan fingerprint density at radius 2 is 1.94 bits per heavy atom. The summed E-state index contributed by atoms with van der Waals surface area (Å²) in [5.74, 6) is 0. The Bertz CT molecular complexity index is 429. The zero-order valence-corrected chi connectivity index (χ0v) is 10.8.